The average Bonchev–Trinajstić information content (AvgIpc) is 2.83. The van der Waals surface area contributed by atoms with Crippen LogP contribution >= 0.6 is 0 Å². The minimum Gasteiger partial charge on any atom is -0.480 e. The molecule has 0 bridgehead atoms. The van der Waals surface area contributed by atoms with Gasteiger partial charge >= 0.3 is 5.97 Å². The first kappa shape index (κ1) is 13.1. The van der Waals surface area contributed by atoms with Gasteiger partial charge in [-0.15, -0.1) is 0 Å². The summed E-state index contributed by atoms with van der Waals surface area (Å²) < 4.78 is 0. The molecule has 3 nitrogen and oxygen atoms in total. The summed E-state index contributed by atoms with van der Waals surface area (Å²) in [6.07, 6.45) is 5.07. The first-order valence-corrected chi connectivity index (χ1v) is 6.66. The smallest absolute Gasteiger partial charge is 0.325 e. The van der Waals surface area contributed by atoms with Crippen molar-refractivity contribution in [2.75, 3.05) is 13.6 Å². The maximum Gasteiger partial charge on any atom is 0.325 e. The fourth-order valence-corrected chi connectivity index (χ4v) is 2.93. The number of carboxylic acid groups (broad SMARTS) is 1. The molecule has 1 aromatic carbocycles. The van der Waals surface area contributed by atoms with Gasteiger partial charge in [0.05, 0.1) is 0 Å². The van der Waals surface area contributed by atoms with Gasteiger partial charge in [0.15, 0.2) is 0 Å². The van der Waals surface area contributed by atoms with Crippen LogP contribution in [0.5, 0.6) is 0 Å². The Labute approximate surface area is 108 Å². The number of hydrogen-bond donors (Lipinski definition) is 1. The minimum atomic E-state index is -0.762. The van der Waals surface area contributed by atoms with Gasteiger partial charge < -0.3 is 5.11 Å². The largest absolute Gasteiger partial charge is 0.480 e. The molecule has 0 aliphatic heterocycles. The summed E-state index contributed by atoms with van der Waals surface area (Å²) in [5.74, 6) is -0.0951. The molecule has 1 N–H and O–H groups in total. The number of carboxylic acids is 1. The molecule has 98 valence electrons. The molecule has 0 spiro atoms. The minimum absolute atomic E-state index is 0.521. The van der Waals surface area contributed by atoms with E-state index in [0.717, 1.165) is 12.1 Å². The van der Waals surface area contributed by atoms with E-state index < -0.39 is 12.0 Å². The fourth-order valence-electron chi connectivity index (χ4n) is 2.93. The van der Waals surface area contributed by atoms with Crippen LogP contribution < -0.4 is 0 Å². The van der Waals surface area contributed by atoms with E-state index >= 15 is 0 Å². The molecular weight excluding hydrogens is 226 g/mol. The number of carbonyl (C=O) groups is 1. The number of benzene rings is 1. The van der Waals surface area contributed by atoms with Gasteiger partial charge in [-0.3, -0.25) is 9.69 Å². The van der Waals surface area contributed by atoms with Crippen LogP contribution in [0.4, 0.5) is 0 Å². The zero-order valence-electron chi connectivity index (χ0n) is 10.9. The zero-order valence-corrected chi connectivity index (χ0v) is 10.9. The summed E-state index contributed by atoms with van der Waals surface area (Å²) >= 11 is 0. The molecule has 0 amide bonds. The molecule has 0 aromatic heterocycles. The number of likely N-dealkylation sites (N-methyl/N-ethyl adjacent to an activating group) is 1. The van der Waals surface area contributed by atoms with E-state index in [2.05, 4.69) is 0 Å². The quantitative estimate of drug-likeness (QED) is 0.869. The zero-order chi connectivity index (χ0) is 13.0. The Kier molecular flexibility index (Phi) is 4.37. The molecule has 18 heavy (non-hydrogen) atoms. The SMILES string of the molecule is CN(CC1CCCC1)C(C(=O)O)c1ccccc1. The first-order chi connectivity index (χ1) is 8.68. The Bertz CT molecular complexity index is 385. The van der Waals surface area contributed by atoms with Crippen LogP contribution in [0, 0.1) is 5.92 Å². The third-order valence-electron chi connectivity index (χ3n) is 3.81. The molecule has 3 heteroatoms. The summed E-state index contributed by atoms with van der Waals surface area (Å²) in [5.41, 5.74) is 0.866. The lowest BCUT2D eigenvalue weighted by Crippen LogP contribution is -2.34. The Morgan fingerprint density at radius 3 is 2.50 bits per heavy atom. The molecule has 1 aliphatic carbocycles. The van der Waals surface area contributed by atoms with Crippen LogP contribution in [-0.4, -0.2) is 29.6 Å². The van der Waals surface area contributed by atoms with Crippen molar-refractivity contribution >= 4 is 5.97 Å². The Morgan fingerprint density at radius 1 is 1.33 bits per heavy atom. The number of rotatable bonds is 5. The van der Waals surface area contributed by atoms with Crippen molar-refractivity contribution in [3.8, 4) is 0 Å². The molecule has 1 aromatic rings. The van der Waals surface area contributed by atoms with Crippen molar-refractivity contribution in [3.05, 3.63) is 35.9 Å². The second-order valence-corrected chi connectivity index (χ2v) is 5.24. The topological polar surface area (TPSA) is 40.5 Å². The van der Waals surface area contributed by atoms with Gasteiger partial charge in [-0.05, 0) is 31.4 Å². The number of hydrogen-bond acceptors (Lipinski definition) is 2. The van der Waals surface area contributed by atoms with Gasteiger partial charge in [-0.2, -0.15) is 0 Å². The molecule has 0 heterocycles. The van der Waals surface area contributed by atoms with E-state index in [1.54, 1.807) is 0 Å². The summed E-state index contributed by atoms with van der Waals surface area (Å²) in [4.78, 5) is 13.5. The van der Waals surface area contributed by atoms with Gasteiger partial charge in [-0.1, -0.05) is 43.2 Å². The lowest BCUT2D eigenvalue weighted by Gasteiger charge is -2.27. The lowest BCUT2D eigenvalue weighted by molar-refractivity contribution is -0.143. The van der Waals surface area contributed by atoms with Gasteiger partial charge in [-0.25, -0.2) is 0 Å². The van der Waals surface area contributed by atoms with Crippen molar-refractivity contribution in [1.82, 2.24) is 4.90 Å². The fraction of sp³-hybridized carbons (Fsp3) is 0.533. The molecular formula is C15H21NO2. The second-order valence-electron chi connectivity index (χ2n) is 5.24. The highest BCUT2D eigenvalue weighted by molar-refractivity contribution is 5.75. The van der Waals surface area contributed by atoms with Crippen LogP contribution in [-0.2, 0) is 4.79 Å². The summed E-state index contributed by atoms with van der Waals surface area (Å²) in [5, 5.41) is 9.43. The van der Waals surface area contributed by atoms with E-state index in [1.807, 2.05) is 42.3 Å². The van der Waals surface area contributed by atoms with E-state index in [1.165, 1.54) is 25.7 Å². The lowest BCUT2D eigenvalue weighted by atomic mass is 10.0. The molecule has 2 rings (SSSR count). The first-order valence-electron chi connectivity index (χ1n) is 6.66. The third-order valence-corrected chi connectivity index (χ3v) is 3.81. The normalized spacial score (nSPS) is 18.1. The van der Waals surface area contributed by atoms with Gasteiger partial charge in [0.25, 0.3) is 0 Å². The van der Waals surface area contributed by atoms with Crippen LogP contribution in [0.15, 0.2) is 30.3 Å². The summed E-state index contributed by atoms with van der Waals surface area (Å²) in [7, 11) is 1.92. The van der Waals surface area contributed by atoms with E-state index in [4.69, 9.17) is 0 Å². The van der Waals surface area contributed by atoms with E-state index in [-0.39, 0.29) is 0 Å². The molecule has 1 aliphatic rings. The Balaban J connectivity index is 2.07. The van der Waals surface area contributed by atoms with Crippen molar-refractivity contribution in [2.24, 2.45) is 5.92 Å². The molecule has 1 saturated carbocycles. The van der Waals surface area contributed by atoms with Crippen molar-refractivity contribution in [2.45, 2.75) is 31.7 Å². The van der Waals surface area contributed by atoms with Crippen LogP contribution in [0.3, 0.4) is 0 Å². The van der Waals surface area contributed by atoms with Crippen molar-refractivity contribution in [3.63, 3.8) is 0 Å². The van der Waals surface area contributed by atoms with Crippen molar-refractivity contribution < 1.29 is 9.90 Å². The third kappa shape index (κ3) is 3.10. The van der Waals surface area contributed by atoms with E-state index in [0.29, 0.717) is 5.92 Å². The molecule has 1 unspecified atom stereocenters. The van der Waals surface area contributed by atoms with E-state index in [9.17, 15) is 9.90 Å². The number of aliphatic carboxylic acids is 1. The molecule has 1 atom stereocenters. The molecule has 1 fully saturated rings. The van der Waals surface area contributed by atoms with Crippen molar-refractivity contribution in [1.29, 1.82) is 0 Å². The number of nitrogens with zero attached hydrogens (tertiary/aromatic N) is 1. The highest BCUT2D eigenvalue weighted by Crippen LogP contribution is 2.28. The summed E-state index contributed by atoms with van der Waals surface area (Å²) in [6.45, 7) is 0.881. The van der Waals surface area contributed by atoms with Gasteiger partial charge in [0.1, 0.15) is 6.04 Å². The average molecular weight is 247 g/mol. The Hall–Kier alpha value is -1.35. The van der Waals surface area contributed by atoms with Crippen LogP contribution in [0.1, 0.15) is 37.3 Å². The monoisotopic (exact) mass is 247 g/mol. The van der Waals surface area contributed by atoms with Crippen LogP contribution in [0.2, 0.25) is 0 Å². The van der Waals surface area contributed by atoms with Gasteiger partial charge in [0.2, 0.25) is 0 Å². The predicted octanol–water partition coefficient (Wildman–Crippen LogP) is 2.93. The predicted molar refractivity (Wildman–Crippen MR) is 71.4 cm³/mol. The van der Waals surface area contributed by atoms with Crippen LogP contribution in [0.25, 0.3) is 0 Å². The molecule has 0 radical (unpaired) electrons. The van der Waals surface area contributed by atoms with Gasteiger partial charge in [0, 0.05) is 6.54 Å². The maximum absolute atomic E-state index is 11.5. The molecule has 0 saturated heterocycles. The standard InChI is InChI=1S/C15H21NO2/c1-16(11-12-7-5-6-8-12)14(15(17)18)13-9-3-2-4-10-13/h2-4,9-10,12,14H,5-8,11H2,1H3,(H,17,18). The highest BCUT2D eigenvalue weighted by Gasteiger charge is 2.27. The highest BCUT2D eigenvalue weighted by atomic mass is 16.4. The maximum atomic E-state index is 11.5. The summed E-state index contributed by atoms with van der Waals surface area (Å²) in [6, 6.07) is 8.98. The Morgan fingerprint density at radius 2 is 1.94 bits per heavy atom. The second kappa shape index (κ2) is 6.01.